The molecule has 0 heterocycles. The van der Waals surface area contributed by atoms with E-state index in [1.54, 1.807) is 0 Å². The molecule has 1 aromatic carbocycles. The number of hydrogen-bond donors (Lipinski definition) is 1. The van der Waals surface area contributed by atoms with Gasteiger partial charge in [-0.3, -0.25) is 0 Å². The molecule has 0 aliphatic heterocycles. The lowest BCUT2D eigenvalue weighted by Crippen LogP contribution is -2.89. The largest absolute Gasteiger partial charge is 0.344 e. The van der Waals surface area contributed by atoms with E-state index in [0.29, 0.717) is 0 Å². The standard InChI is InChI=1S/C13H19N/c1-2-6-12(7-3-1)10-11-14-13-8-4-5-9-13/h1-3,6-7,13-14H,4-5,8-11H2/p+1. The predicted molar refractivity (Wildman–Crippen MR) is 59.2 cm³/mol. The molecule has 1 aliphatic rings. The van der Waals surface area contributed by atoms with Crippen molar-refractivity contribution in [3.05, 3.63) is 35.9 Å². The summed E-state index contributed by atoms with van der Waals surface area (Å²) in [7, 11) is 0. The molecule has 0 amide bonds. The second kappa shape index (κ2) is 5.16. The quantitative estimate of drug-likeness (QED) is 0.744. The molecule has 2 rings (SSSR count). The van der Waals surface area contributed by atoms with E-state index < -0.39 is 0 Å². The summed E-state index contributed by atoms with van der Waals surface area (Å²) in [6.07, 6.45) is 7.00. The molecule has 0 bridgehead atoms. The van der Waals surface area contributed by atoms with Gasteiger partial charge in [-0.1, -0.05) is 30.3 Å². The summed E-state index contributed by atoms with van der Waals surface area (Å²) in [6, 6.07) is 11.7. The zero-order valence-electron chi connectivity index (χ0n) is 8.78. The van der Waals surface area contributed by atoms with E-state index in [0.717, 1.165) is 6.04 Å². The number of quaternary nitrogens is 1. The van der Waals surface area contributed by atoms with E-state index in [-0.39, 0.29) is 0 Å². The summed E-state index contributed by atoms with van der Waals surface area (Å²) in [5, 5.41) is 2.54. The molecule has 2 N–H and O–H groups in total. The Hall–Kier alpha value is -0.820. The molecule has 0 radical (unpaired) electrons. The smallest absolute Gasteiger partial charge is 0.0859 e. The van der Waals surface area contributed by atoms with Gasteiger partial charge < -0.3 is 5.32 Å². The fourth-order valence-corrected chi connectivity index (χ4v) is 2.32. The van der Waals surface area contributed by atoms with Crippen molar-refractivity contribution in [2.75, 3.05) is 6.54 Å². The van der Waals surface area contributed by atoms with Crippen molar-refractivity contribution < 1.29 is 5.32 Å². The number of rotatable bonds is 4. The molecular formula is C13H20N+. The van der Waals surface area contributed by atoms with Gasteiger partial charge in [0.25, 0.3) is 0 Å². The fourth-order valence-electron chi connectivity index (χ4n) is 2.32. The van der Waals surface area contributed by atoms with Crippen molar-refractivity contribution in [3.63, 3.8) is 0 Å². The SMILES string of the molecule is c1ccc(CC[NH2+]C2CCCC2)cc1. The lowest BCUT2D eigenvalue weighted by atomic mass is 10.1. The molecule has 1 saturated carbocycles. The molecule has 1 heteroatoms. The van der Waals surface area contributed by atoms with Crippen LogP contribution in [0.3, 0.4) is 0 Å². The lowest BCUT2D eigenvalue weighted by Gasteiger charge is -2.07. The minimum atomic E-state index is 0.929. The normalized spacial score (nSPS) is 17.4. The minimum absolute atomic E-state index is 0.929. The van der Waals surface area contributed by atoms with Crippen LogP contribution in [0.1, 0.15) is 31.2 Å². The second-order valence-electron chi connectivity index (χ2n) is 4.30. The highest BCUT2D eigenvalue weighted by molar-refractivity contribution is 5.14. The second-order valence-corrected chi connectivity index (χ2v) is 4.30. The highest BCUT2D eigenvalue weighted by Crippen LogP contribution is 2.14. The first kappa shape index (κ1) is 9.72. The maximum Gasteiger partial charge on any atom is 0.0859 e. The van der Waals surface area contributed by atoms with Gasteiger partial charge in [0.15, 0.2) is 0 Å². The first-order valence-electron chi connectivity index (χ1n) is 5.82. The van der Waals surface area contributed by atoms with Crippen molar-refractivity contribution in [1.29, 1.82) is 0 Å². The fraction of sp³-hybridized carbons (Fsp3) is 0.538. The van der Waals surface area contributed by atoms with Crippen molar-refractivity contribution in [3.8, 4) is 0 Å². The van der Waals surface area contributed by atoms with Crippen LogP contribution in [0.5, 0.6) is 0 Å². The third-order valence-electron chi connectivity index (χ3n) is 3.18. The Morgan fingerprint density at radius 2 is 1.79 bits per heavy atom. The molecule has 1 aromatic rings. The Morgan fingerprint density at radius 1 is 1.07 bits per heavy atom. The van der Waals surface area contributed by atoms with Gasteiger partial charge in [0, 0.05) is 6.42 Å². The third kappa shape index (κ3) is 2.85. The predicted octanol–water partition coefficient (Wildman–Crippen LogP) is 1.74. The van der Waals surface area contributed by atoms with E-state index in [9.17, 15) is 0 Å². The molecule has 0 spiro atoms. The molecule has 0 aromatic heterocycles. The zero-order chi connectivity index (χ0) is 9.64. The molecule has 0 atom stereocenters. The zero-order valence-corrected chi connectivity index (χ0v) is 8.78. The summed E-state index contributed by atoms with van der Waals surface area (Å²) in [5.74, 6) is 0. The van der Waals surface area contributed by atoms with Gasteiger partial charge in [-0.15, -0.1) is 0 Å². The monoisotopic (exact) mass is 190 g/mol. The van der Waals surface area contributed by atoms with Crippen LogP contribution < -0.4 is 5.32 Å². The maximum atomic E-state index is 2.54. The molecule has 0 unspecified atom stereocenters. The van der Waals surface area contributed by atoms with Gasteiger partial charge in [0.1, 0.15) is 0 Å². The Morgan fingerprint density at radius 3 is 2.50 bits per heavy atom. The van der Waals surface area contributed by atoms with Crippen LogP contribution in [-0.4, -0.2) is 12.6 Å². The summed E-state index contributed by atoms with van der Waals surface area (Å²) in [4.78, 5) is 0. The van der Waals surface area contributed by atoms with Gasteiger partial charge in [-0.05, 0) is 31.2 Å². The highest BCUT2D eigenvalue weighted by Gasteiger charge is 2.16. The minimum Gasteiger partial charge on any atom is -0.344 e. The van der Waals surface area contributed by atoms with Crippen molar-refractivity contribution in [2.24, 2.45) is 0 Å². The van der Waals surface area contributed by atoms with Gasteiger partial charge in [0.05, 0.1) is 12.6 Å². The van der Waals surface area contributed by atoms with Crippen LogP contribution in [0.4, 0.5) is 0 Å². The Labute approximate surface area is 86.5 Å². The summed E-state index contributed by atoms with van der Waals surface area (Å²) >= 11 is 0. The first-order chi connectivity index (χ1) is 6.95. The van der Waals surface area contributed by atoms with Gasteiger partial charge in [0.2, 0.25) is 0 Å². The maximum absolute atomic E-state index is 2.54. The van der Waals surface area contributed by atoms with Crippen LogP contribution in [-0.2, 0) is 6.42 Å². The van der Waals surface area contributed by atoms with E-state index in [1.165, 1.54) is 44.2 Å². The van der Waals surface area contributed by atoms with E-state index >= 15 is 0 Å². The summed E-state index contributed by atoms with van der Waals surface area (Å²) < 4.78 is 0. The van der Waals surface area contributed by atoms with Crippen LogP contribution in [0.25, 0.3) is 0 Å². The van der Waals surface area contributed by atoms with Crippen LogP contribution in [0, 0.1) is 0 Å². The van der Waals surface area contributed by atoms with Crippen molar-refractivity contribution >= 4 is 0 Å². The number of hydrogen-bond acceptors (Lipinski definition) is 0. The van der Waals surface area contributed by atoms with Crippen molar-refractivity contribution in [1.82, 2.24) is 0 Å². The van der Waals surface area contributed by atoms with Gasteiger partial charge in [-0.25, -0.2) is 0 Å². The molecule has 76 valence electrons. The molecule has 1 fully saturated rings. The molecule has 1 nitrogen and oxygen atoms in total. The van der Waals surface area contributed by atoms with Crippen LogP contribution >= 0.6 is 0 Å². The Kier molecular flexibility index (Phi) is 3.58. The average molecular weight is 190 g/mol. The van der Waals surface area contributed by atoms with E-state index in [2.05, 4.69) is 35.6 Å². The van der Waals surface area contributed by atoms with E-state index in [1.807, 2.05) is 0 Å². The van der Waals surface area contributed by atoms with E-state index in [4.69, 9.17) is 0 Å². The number of nitrogens with two attached hydrogens (primary N) is 1. The molecule has 1 aliphatic carbocycles. The van der Waals surface area contributed by atoms with Crippen LogP contribution in [0.2, 0.25) is 0 Å². The van der Waals surface area contributed by atoms with Gasteiger partial charge >= 0.3 is 0 Å². The summed E-state index contributed by atoms with van der Waals surface area (Å²) in [6.45, 7) is 1.26. The first-order valence-corrected chi connectivity index (χ1v) is 5.82. The third-order valence-corrected chi connectivity index (χ3v) is 3.18. The topological polar surface area (TPSA) is 16.6 Å². The number of benzene rings is 1. The Bertz CT molecular complexity index is 249. The Balaban J connectivity index is 1.67. The highest BCUT2D eigenvalue weighted by atomic mass is 14.9. The van der Waals surface area contributed by atoms with Gasteiger partial charge in [-0.2, -0.15) is 0 Å². The summed E-state index contributed by atoms with van der Waals surface area (Å²) in [5.41, 5.74) is 1.47. The van der Waals surface area contributed by atoms with Crippen LogP contribution in [0.15, 0.2) is 30.3 Å². The molecule has 14 heavy (non-hydrogen) atoms. The average Bonchev–Trinajstić information content (AvgIpc) is 2.72. The lowest BCUT2D eigenvalue weighted by molar-refractivity contribution is -0.687. The molecule has 0 saturated heterocycles. The van der Waals surface area contributed by atoms with Crippen molar-refractivity contribution in [2.45, 2.75) is 38.1 Å². The molecular weight excluding hydrogens is 170 g/mol.